The van der Waals surface area contributed by atoms with Gasteiger partial charge in [-0.25, -0.2) is 12.8 Å². The summed E-state index contributed by atoms with van der Waals surface area (Å²) in [5.74, 6) is -0.691. The van der Waals surface area contributed by atoms with Crippen LogP contribution in [-0.2, 0) is 9.84 Å². The van der Waals surface area contributed by atoms with E-state index in [1.54, 1.807) is 31.5 Å². The molecular formula is C14H15FN2O2S. The van der Waals surface area contributed by atoms with Crippen molar-refractivity contribution >= 4 is 9.84 Å². The largest absolute Gasteiger partial charge is 0.323 e. The van der Waals surface area contributed by atoms with E-state index < -0.39 is 21.7 Å². The third-order valence-electron chi connectivity index (χ3n) is 3.01. The lowest BCUT2D eigenvalue weighted by atomic mass is 10.1. The second-order valence-electron chi connectivity index (χ2n) is 4.58. The molecule has 2 aromatic rings. The first-order valence-corrected chi connectivity index (χ1v) is 7.70. The number of pyridine rings is 1. The molecule has 1 aromatic carbocycles. The summed E-state index contributed by atoms with van der Waals surface area (Å²) in [6.45, 7) is 1.56. The predicted molar refractivity (Wildman–Crippen MR) is 74.4 cm³/mol. The Bertz CT molecular complexity index is 702. The number of nitrogens with zero attached hydrogens (tertiary/aromatic N) is 1. The summed E-state index contributed by atoms with van der Waals surface area (Å²) >= 11 is 0. The van der Waals surface area contributed by atoms with Crippen LogP contribution in [0.3, 0.4) is 0 Å². The van der Waals surface area contributed by atoms with Crippen molar-refractivity contribution in [1.29, 1.82) is 0 Å². The number of aryl methyl sites for hydroxylation is 1. The summed E-state index contributed by atoms with van der Waals surface area (Å²) < 4.78 is 37.7. The van der Waals surface area contributed by atoms with Gasteiger partial charge in [0.15, 0.2) is 9.84 Å². The van der Waals surface area contributed by atoms with Crippen LogP contribution in [0.15, 0.2) is 47.6 Å². The summed E-state index contributed by atoms with van der Waals surface area (Å²) in [6.07, 6.45) is 3.12. The normalized spacial score (nSPS) is 13.2. The maximum Gasteiger partial charge on any atom is 0.180 e. The highest BCUT2D eigenvalue weighted by atomic mass is 32.2. The van der Waals surface area contributed by atoms with Crippen molar-refractivity contribution in [3.63, 3.8) is 0 Å². The first-order valence-electron chi connectivity index (χ1n) is 6.04. The maximum absolute atomic E-state index is 13.0. The Labute approximate surface area is 117 Å². The minimum atomic E-state index is -3.57. The Balaban J connectivity index is 2.28. The molecule has 1 unspecified atom stereocenters. The fourth-order valence-corrected chi connectivity index (χ4v) is 3.66. The van der Waals surface area contributed by atoms with Gasteiger partial charge in [0.25, 0.3) is 0 Å². The number of halogens is 1. The molecule has 0 aliphatic rings. The van der Waals surface area contributed by atoms with Crippen molar-refractivity contribution in [1.82, 2.24) is 4.98 Å². The third-order valence-corrected chi connectivity index (χ3v) is 4.93. The van der Waals surface area contributed by atoms with Gasteiger partial charge in [0.2, 0.25) is 0 Å². The molecule has 0 aliphatic heterocycles. The Morgan fingerprint density at radius 1 is 1.25 bits per heavy atom. The van der Waals surface area contributed by atoms with Crippen LogP contribution in [0.2, 0.25) is 0 Å². The summed E-state index contributed by atoms with van der Waals surface area (Å²) in [5, 5.41) is 0. The fraction of sp³-hybridized carbons (Fsp3) is 0.214. The van der Waals surface area contributed by atoms with E-state index in [9.17, 15) is 12.8 Å². The minimum absolute atomic E-state index is 0.114. The number of hydrogen-bond acceptors (Lipinski definition) is 4. The molecule has 2 N–H and O–H groups in total. The Kier molecular flexibility index (Phi) is 4.15. The topological polar surface area (TPSA) is 73.0 Å². The monoisotopic (exact) mass is 294 g/mol. The molecule has 1 aromatic heterocycles. The van der Waals surface area contributed by atoms with Crippen LogP contribution in [0.5, 0.6) is 0 Å². The number of benzene rings is 1. The zero-order chi connectivity index (χ0) is 14.8. The molecule has 0 saturated carbocycles. The number of rotatable bonds is 4. The van der Waals surface area contributed by atoms with E-state index in [1.165, 1.54) is 12.1 Å². The highest BCUT2D eigenvalue weighted by Gasteiger charge is 2.21. The smallest absolute Gasteiger partial charge is 0.180 e. The van der Waals surface area contributed by atoms with E-state index in [4.69, 9.17) is 5.73 Å². The molecule has 1 heterocycles. The highest BCUT2D eigenvalue weighted by Crippen LogP contribution is 2.21. The van der Waals surface area contributed by atoms with Gasteiger partial charge < -0.3 is 5.73 Å². The van der Waals surface area contributed by atoms with E-state index >= 15 is 0 Å². The van der Waals surface area contributed by atoms with Gasteiger partial charge in [-0.05, 0) is 48.4 Å². The molecule has 0 spiro atoms. The van der Waals surface area contributed by atoms with Gasteiger partial charge in [-0.2, -0.15) is 0 Å². The van der Waals surface area contributed by atoms with Gasteiger partial charge in [-0.1, -0.05) is 0 Å². The molecule has 0 radical (unpaired) electrons. The lowest BCUT2D eigenvalue weighted by Gasteiger charge is -2.13. The van der Waals surface area contributed by atoms with Crippen molar-refractivity contribution in [2.75, 3.05) is 5.75 Å². The van der Waals surface area contributed by atoms with Crippen molar-refractivity contribution in [2.45, 2.75) is 17.9 Å². The van der Waals surface area contributed by atoms with Crippen LogP contribution >= 0.6 is 0 Å². The van der Waals surface area contributed by atoms with E-state index in [1.807, 2.05) is 0 Å². The molecule has 0 saturated heterocycles. The van der Waals surface area contributed by atoms with Gasteiger partial charge in [0.05, 0.1) is 10.6 Å². The first-order chi connectivity index (χ1) is 9.40. The molecule has 0 fully saturated rings. The first kappa shape index (κ1) is 14.6. The van der Waals surface area contributed by atoms with Crippen LogP contribution in [0.1, 0.15) is 17.2 Å². The van der Waals surface area contributed by atoms with E-state index in [0.717, 1.165) is 6.07 Å². The molecule has 20 heavy (non-hydrogen) atoms. The Morgan fingerprint density at radius 3 is 2.50 bits per heavy atom. The number of hydrogen-bond donors (Lipinski definition) is 1. The summed E-state index contributed by atoms with van der Waals surface area (Å²) in [7, 11) is -3.57. The molecule has 106 valence electrons. The Morgan fingerprint density at radius 2 is 1.90 bits per heavy atom. The van der Waals surface area contributed by atoms with Crippen LogP contribution in [0.25, 0.3) is 0 Å². The van der Waals surface area contributed by atoms with E-state index in [2.05, 4.69) is 4.98 Å². The highest BCUT2D eigenvalue weighted by molar-refractivity contribution is 7.91. The number of nitrogens with two attached hydrogens (primary N) is 1. The molecule has 2 rings (SSSR count). The molecular weight excluding hydrogens is 279 g/mol. The zero-order valence-electron chi connectivity index (χ0n) is 11.0. The molecule has 6 heteroatoms. The van der Waals surface area contributed by atoms with Gasteiger partial charge in [-0.3, -0.25) is 4.98 Å². The standard InChI is InChI=1S/C14H15FN2O2S/c1-10-8-12(15)2-3-14(10)20(18,19)9-13(16)11-4-6-17-7-5-11/h2-8,13H,9,16H2,1H3. The van der Waals surface area contributed by atoms with Crippen LogP contribution in [-0.4, -0.2) is 19.2 Å². The molecule has 0 amide bonds. The van der Waals surface area contributed by atoms with Crippen LogP contribution in [0, 0.1) is 12.7 Å². The SMILES string of the molecule is Cc1cc(F)ccc1S(=O)(=O)CC(N)c1ccncc1. The number of sulfone groups is 1. The van der Waals surface area contributed by atoms with Crippen molar-refractivity contribution in [2.24, 2.45) is 5.73 Å². The summed E-state index contributed by atoms with van der Waals surface area (Å²) in [5.41, 5.74) is 7.00. The zero-order valence-corrected chi connectivity index (χ0v) is 11.8. The molecule has 0 bridgehead atoms. The minimum Gasteiger partial charge on any atom is -0.323 e. The van der Waals surface area contributed by atoms with E-state index in [0.29, 0.717) is 11.1 Å². The molecule has 0 aliphatic carbocycles. The van der Waals surface area contributed by atoms with Gasteiger partial charge in [-0.15, -0.1) is 0 Å². The summed E-state index contributed by atoms with van der Waals surface area (Å²) in [6, 6.07) is 6.32. The van der Waals surface area contributed by atoms with Crippen molar-refractivity contribution in [3.05, 3.63) is 59.7 Å². The second-order valence-corrected chi connectivity index (χ2v) is 6.58. The predicted octanol–water partition coefficient (Wildman–Crippen LogP) is 2.00. The maximum atomic E-state index is 13.0. The average molecular weight is 294 g/mol. The Hall–Kier alpha value is -1.79. The van der Waals surface area contributed by atoms with Gasteiger partial charge >= 0.3 is 0 Å². The van der Waals surface area contributed by atoms with Crippen molar-refractivity contribution < 1.29 is 12.8 Å². The van der Waals surface area contributed by atoms with Gasteiger partial charge in [0.1, 0.15) is 5.82 Å². The average Bonchev–Trinajstić information content (AvgIpc) is 2.38. The summed E-state index contributed by atoms with van der Waals surface area (Å²) in [4.78, 5) is 3.97. The van der Waals surface area contributed by atoms with Crippen LogP contribution in [0.4, 0.5) is 4.39 Å². The molecule has 1 atom stereocenters. The number of aromatic nitrogens is 1. The lowest BCUT2D eigenvalue weighted by Crippen LogP contribution is -2.22. The third kappa shape index (κ3) is 3.20. The second kappa shape index (κ2) is 5.68. The fourth-order valence-electron chi connectivity index (χ4n) is 1.99. The molecule has 4 nitrogen and oxygen atoms in total. The van der Waals surface area contributed by atoms with Crippen molar-refractivity contribution in [3.8, 4) is 0 Å². The van der Waals surface area contributed by atoms with Gasteiger partial charge in [0, 0.05) is 18.4 Å². The lowest BCUT2D eigenvalue weighted by molar-refractivity contribution is 0.587. The quantitative estimate of drug-likeness (QED) is 0.875. The van der Waals surface area contributed by atoms with E-state index in [-0.39, 0.29) is 10.6 Å². The van der Waals surface area contributed by atoms with Crippen LogP contribution < -0.4 is 5.73 Å².